The number of aliphatic hydroxyl groups excluding tert-OH is 1. The molecule has 114 valence electrons. The number of rotatable bonds is 9. The van der Waals surface area contributed by atoms with Gasteiger partial charge < -0.3 is 19.9 Å². The maximum absolute atomic E-state index is 9.60. The van der Waals surface area contributed by atoms with Crippen LogP contribution in [0.5, 0.6) is 5.75 Å². The molecule has 1 aromatic carbocycles. The fourth-order valence-electron chi connectivity index (χ4n) is 1.68. The highest BCUT2D eigenvalue weighted by molar-refractivity contribution is 9.11. The first-order valence-corrected chi connectivity index (χ1v) is 8.15. The Morgan fingerprint density at radius 1 is 1.25 bits per heavy atom. The Balaban J connectivity index is 2.64. The van der Waals surface area contributed by atoms with Gasteiger partial charge in [0.25, 0.3) is 0 Å². The molecule has 6 heteroatoms. The van der Waals surface area contributed by atoms with Crippen molar-refractivity contribution in [1.82, 2.24) is 5.32 Å². The Labute approximate surface area is 137 Å². The molecule has 1 atom stereocenters. The van der Waals surface area contributed by atoms with Crippen molar-refractivity contribution in [2.45, 2.75) is 26.0 Å². The molecule has 20 heavy (non-hydrogen) atoms. The standard InChI is InChI=1S/C14H21Br2NO3/c1-3-4-17-7-10-5-12(15)14(13(16)6-10)20-9-11(18)8-19-2/h5-6,11,17-18H,3-4,7-9H2,1-2H3. The molecule has 0 fully saturated rings. The highest BCUT2D eigenvalue weighted by Gasteiger charge is 2.11. The SMILES string of the molecule is CCCNCc1cc(Br)c(OCC(O)COC)c(Br)c1. The zero-order valence-corrected chi connectivity index (χ0v) is 15.0. The van der Waals surface area contributed by atoms with E-state index in [1.807, 2.05) is 12.1 Å². The summed E-state index contributed by atoms with van der Waals surface area (Å²) in [5, 5.41) is 13.0. The van der Waals surface area contributed by atoms with E-state index < -0.39 is 6.10 Å². The number of halogens is 2. The van der Waals surface area contributed by atoms with Gasteiger partial charge in [-0.2, -0.15) is 0 Å². The third-order valence-corrected chi connectivity index (χ3v) is 3.77. The molecule has 0 bridgehead atoms. The summed E-state index contributed by atoms with van der Waals surface area (Å²) in [6, 6.07) is 4.04. The van der Waals surface area contributed by atoms with Crippen molar-refractivity contribution in [2.24, 2.45) is 0 Å². The van der Waals surface area contributed by atoms with Gasteiger partial charge in [-0.1, -0.05) is 6.92 Å². The Kier molecular flexibility index (Phi) is 8.72. The molecular formula is C14H21Br2NO3. The van der Waals surface area contributed by atoms with Gasteiger partial charge in [0.1, 0.15) is 18.5 Å². The monoisotopic (exact) mass is 409 g/mol. The van der Waals surface area contributed by atoms with Crippen LogP contribution in [0.25, 0.3) is 0 Å². The molecule has 0 spiro atoms. The lowest BCUT2D eigenvalue weighted by atomic mass is 10.2. The Morgan fingerprint density at radius 3 is 2.45 bits per heavy atom. The Hall–Kier alpha value is -0.140. The topological polar surface area (TPSA) is 50.7 Å². The zero-order chi connectivity index (χ0) is 15.0. The lowest BCUT2D eigenvalue weighted by Gasteiger charge is -2.15. The van der Waals surface area contributed by atoms with Gasteiger partial charge in [-0.15, -0.1) is 0 Å². The van der Waals surface area contributed by atoms with Crippen molar-refractivity contribution in [3.8, 4) is 5.75 Å². The minimum Gasteiger partial charge on any atom is -0.488 e. The van der Waals surface area contributed by atoms with Crippen LogP contribution in [-0.2, 0) is 11.3 Å². The second-order valence-corrected chi connectivity index (χ2v) is 6.19. The number of methoxy groups -OCH3 is 1. The quantitative estimate of drug-likeness (QED) is 0.614. The fraction of sp³-hybridized carbons (Fsp3) is 0.571. The van der Waals surface area contributed by atoms with E-state index in [1.54, 1.807) is 7.11 Å². The molecule has 1 aromatic rings. The molecular weight excluding hydrogens is 390 g/mol. The Morgan fingerprint density at radius 2 is 1.90 bits per heavy atom. The smallest absolute Gasteiger partial charge is 0.147 e. The molecule has 0 heterocycles. The molecule has 0 aliphatic carbocycles. The second kappa shape index (κ2) is 9.73. The van der Waals surface area contributed by atoms with E-state index in [1.165, 1.54) is 5.56 Å². The number of hydrogen-bond donors (Lipinski definition) is 2. The highest BCUT2D eigenvalue weighted by atomic mass is 79.9. The minimum atomic E-state index is -0.635. The van der Waals surface area contributed by atoms with E-state index >= 15 is 0 Å². The molecule has 0 amide bonds. The largest absolute Gasteiger partial charge is 0.488 e. The van der Waals surface area contributed by atoms with E-state index in [0.29, 0.717) is 5.75 Å². The van der Waals surface area contributed by atoms with Crippen LogP contribution in [0.2, 0.25) is 0 Å². The number of ether oxygens (including phenoxy) is 2. The minimum absolute atomic E-state index is 0.193. The Bertz CT molecular complexity index is 392. The van der Waals surface area contributed by atoms with E-state index in [-0.39, 0.29) is 13.2 Å². The van der Waals surface area contributed by atoms with Gasteiger partial charge in [-0.3, -0.25) is 0 Å². The van der Waals surface area contributed by atoms with Crippen LogP contribution in [0.15, 0.2) is 21.1 Å². The summed E-state index contributed by atoms with van der Waals surface area (Å²) >= 11 is 7.00. The van der Waals surface area contributed by atoms with Crippen molar-refractivity contribution >= 4 is 31.9 Å². The first-order valence-electron chi connectivity index (χ1n) is 6.56. The van der Waals surface area contributed by atoms with Crippen molar-refractivity contribution in [3.05, 3.63) is 26.6 Å². The molecule has 0 aliphatic rings. The highest BCUT2D eigenvalue weighted by Crippen LogP contribution is 2.34. The van der Waals surface area contributed by atoms with Crippen LogP contribution < -0.4 is 10.1 Å². The second-order valence-electron chi connectivity index (χ2n) is 4.49. The van der Waals surface area contributed by atoms with Gasteiger partial charge in [0.15, 0.2) is 0 Å². The number of aliphatic hydroxyl groups is 1. The fourth-order valence-corrected chi connectivity index (χ4v) is 3.19. The van der Waals surface area contributed by atoms with E-state index in [2.05, 4.69) is 44.1 Å². The van der Waals surface area contributed by atoms with Crippen molar-refractivity contribution in [2.75, 3.05) is 26.9 Å². The lowest BCUT2D eigenvalue weighted by Crippen LogP contribution is -2.22. The summed E-state index contributed by atoms with van der Waals surface area (Å²) in [5.41, 5.74) is 1.17. The normalized spacial score (nSPS) is 12.4. The van der Waals surface area contributed by atoms with Crippen molar-refractivity contribution in [3.63, 3.8) is 0 Å². The van der Waals surface area contributed by atoms with Gasteiger partial charge in [-0.25, -0.2) is 0 Å². The molecule has 1 rings (SSSR count). The molecule has 0 saturated carbocycles. The third kappa shape index (κ3) is 6.10. The lowest BCUT2D eigenvalue weighted by molar-refractivity contribution is 0.0322. The maximum atomic E-state index is 9.60. The van der Waals surface area contributed by atoms with Gasteiger partial charge in [-0.05, 0) is 62.5 Å². The summed E-state index contributed by atoms with van der Waals surface area (Å²) in [4.78, 5) is 0. The average molecular weight is 411 g/mol. The predicted octanol–water partition coefficient (Wildman–Crippen LogP) is 3.10. The molecule has 0 saturated heterocycles. The summed E-state index contributed by atoms with van der Waals surface area (Å²) in [6.07, 6.45) is 0.477. The molecule has 4 nitrogen and oxygen atoms in total. The van der Waals surface area contributed by atoms with E-state index in [4.69, 9.17) is 9.47 Å². The summed E-state index contributed by atoms with van der Waals surface area (Å²) < 4.78 is 12.2. The van der Waals surface area contributed by atoms with Crippen molar-refractivity contribution < 1.29 is 14.6 Å². The third-order valence-electron chi connectivity index (χ3n) is 2.59. The maximum Gasteiger partial charge on any atom is 0.147 e. The summed E-state index contributed by atoms with van der Waals surface area (Å²) in [5.74, 6) is 0.694. The number of benzene rings is 1. The molecule has 0 radical (unpaired) electrons. The van der Waals surface area contributed by atoms with E-state index in [9.17, 15) is 5.11 Å². The van der Waals surface area contributed by atoms with Crippen LogP contribution in [0.3, 0.4) is 0 Å². The number of nitrogens with one attached hydrogen (secondary N) is 1. The van der Waals surface area contributed by atoms with Gasteiger partial charge in [0, 0.05) is 13.7 Å². The first kappa shape index (κ1) is 17.9. The van der Waals surface area contributed by atoms with Crippen LogP contribution in [-0.4, -0.2) is 38.1 Å². The first-order chi connectivity index (χ1) is 9.58. The van der Waals surface area contributed by atoms with Crippen molar-refractivity contribution in [1.29, 1.82) is 0 Å². The summed E-state index contributed by atoms with van der Waals surface area (Å²) in [6.45, 7) is 4.40. The van der Waals surface area contributed by atoms with Crippen LogP contribution in [0.4, 0.5) is 0 Å². The molecule has 0 aromatic heterocycles. The van der Waals surface area contributed by atoms with Crippen LogP contribution in [0.1, 0.15) is 18.9 Å². The average Bonchev–Trinajstić information content (AvgIpc) is 2.38. The molecule has 0 aliphatic heterocycles. The number of hydrogen-bond acceptors (Lipinski definition) is 4. The molecule has 1 unspecified atom stereocenters. The van der Waals surface area contributed by atoms with Gasteiger partial charge >= 0.3 is 0 Å². The van der Waals surface area contributed by atoms with Gasteiger partial charge in [0.05, 0.1) is 15.6 Å². The zero-order valence-electron chi connectivity index (χ0n) is 11.8. The predicted molar refractivity (Wildman–Crippen MR) is 87.2 cm³/mol. The van der Waals surface area contributed by atoms with E-state index in [0.717, 1.165) is 28.5 Å². The van der Waals surface area contributed by atoms with Crippen LogP contribution >= 0.6 is 31.9 Å². The van der Waals surface area contributed by atoms with Gasteiger partial charge in [0.2, 0.25) is 0 Å². The van der Waals surface area contributed by atoms with Crippen LogP contribution in [0, 0.1) is 0 Å². The molecule has 2 N–H and O–H groups in total. The summed E-state index contributed by atoms with van der Waals surface area (Å²) in [7, 11) is 1.55.